The van der Waals surface area contributed by atoms with Crippen LogP contribution in [0.25, 0.3) is 15.9 Å². The zero-order valence-electron chi connectivity index (χ0n) is 15.4. The van der Waals surface area contributed by atoms with Crippen LogP contribution >= 0.6 is 11.3 Å². The first kappa shape index (κ1) is 19.1. The molecule has 2 heterocycles. The molecule has 0 saturated heterocycles. The summed E-state index contributed by atoms with van der Waals surface area (Å²) in [5.41, 5.74) is 0.877. The van der Waals surface area contributed by atoms with Gasteiger partial charge in [0.15, 0.2) is 10.8 Å². The van der Waals surface area contributed by atoms with Gasteiger partial charge in [-0.25, -0.2) is 9.67 Å². The predicted octanol–water partition coefficient (Wildman–Crippen LogP) is 5.37. The van der Waals surface area contributed by atoms with Crippen LogP contribution in [-0.4, -0.2) is 20.7 Å². The number of fused-ring (bicyclic) bond motifs is 1. The second-order valence-electron chi connectivity index (χ2n) is 6.55. The fourth-order valence-corrected chi connectivity index (χ4v) is 3.98. The molecule has 2 aromatic heterocycles. The molecule has 2 aromatic carbocycles. The molecular formula is C20H15F3N4OS. The molecule has 0 aliphatic carbocycles. The molecule has 5 nitrogen and oxygen atoms in total. The lowest BCUT2D eigenvalue weighted by molar-refractivity contribution is -0.143. The highest BCUT2D eigenvalue weighted by Gasteiger charge is 2.41. The first-order valence-corrected chi connectivity index (χ1v) is 9.45. The summed E-state index contributed by atoms with van der Waals surface area (Å²) in [6, 6.07) is 12.1. The number of aryl methyl sites for hydroxylation is 2. The molecule has 9 heteroatoms. The Balaban J connectivity index is 1.74. The van der Waals surface area contributed by atoms with Crippen LogP contribution in [0, 0.1) is 13.8 Å². The van der Waals surface area contributed by atoms with Gasteiger partial charge in [0.2, 0.25) is 0 Å². The number of aromatic nitrogens is 3. The number of benzene rings is 2. The number of anilines is 1. The fourth-order valence-electron chi connectivity index (χ4n) is 3.02. The van der Waals surface area contributed by atoms with Crippen LogP contribution in [0.3, 0.4) is 0 Å². The van der Waals surface area contributed by atoms with E-state index in [1.165, 1.54) is 17.4 Å². The highest BCUT2D eigenvalue weighted by Crippen LogP contribution is 2.35. The van der Waals surface area contributed by atoms with E-state index in [2.05, 4.69) is 15.4 Å². The molecule has 0 aliphatic rings. The number of carbonyl (C=O) groups is 1. The highest BCUT2D eigenvalue weighted by atomic mass is 32.1. The lowest BCUT2D eigenvalue weighted by Crippen LogP contribution is -2.21. The van der Waals surface area contributed by atoms with E-state index in [0.29, 0.717) is 11.1 Å². The third kappa shape index (κ3) is 3.61. The van der Waals surface area contributed by atoms with Gasteiger partial charge in [0, 0.05) is 0 Å². The minimum atomic E-state index is -4.77. The van der Waals surface area contributed by atoms with E-state index in [9.17, 15) is 18.0 Å². The molecule has 0 bridgehead atoms. The molecular weight excluding hydrogens is 401 g/mol. The van der Waals surface area contributed by atoms with Crippen molar-refractivity contribution in [2.24, 2.45) is 0 Å². The van der Waals surface area contributed by atoms with Gasteiger partial charge in [-0.15, -0.1) is 0 Å². The Morgan fingerprint density at radius 3 is 2.62 bits per heavy atom. The monoisotopic (exact) mass is 416 g/mol. The summed E-state index contributed by atoms with van der Waals surface area (Å²) in [5, 5.41) is 6.55. The van der Waals surface area contributed by atoms with Gasteiger partial charge in [-0.2, -0.15) is 18.3 Å². The molecule has 148 valence electrons. The molecule has 4 rings (SSSR count). The van der Waals surface area contributed by atoms with Crippen LogP contribution in [-0.2, 0) is 6.18 Å². The van der Waals surface area contributed by atoms with Crippen LogP contribution in [0.15, 0.2) is 48.7 Å². The third-order valence-corrected chi connectivity index (χ3v) is 5.32. The molecule has 29 heavy (non-hydrogen) atoms. The minimum Gasteiger partial charge on any atom is -0.298 e. The molecule has 0 aliphatic heterocycles. The van der Waals surface area contributed by atoms with Crippen LogP contribution in [0.5, 0.6) is 0 Å². The zero-order chi connectivity index (χ0) is 20.8. The Morgan fingerprint density at radius 1 is 1.14 bits per heavy atom. The van der Waals surface area contributed by atoms with Crippen LogP contribution < -0.4 is 5.32 Å². The number of halogens is 3. The maximum Gasteiger partial charge on any atom is 0.434 e. The van der Waals surface area contributed by atoms with Crippen LogP contribution in [0.1, 0.15) is 27.2 Å². The van der Waals surface area contributed by atoms with E-state index in [1.54, 1.807) is 31.2 Å². The van der Waals surface area contributed by atoms with E-state index in [4.69, 9.17) is 0 Å². The van der Waals surface area contributed by atoms with Crippen molar-refractivity contribution in [2.45, 2.75) is 20.0 Å². The maximum absolute atomic E-state index is 13.8. The van der Waals surface area contributed by atoms with Crippen molar-refractivity contribution in [1.29, 1.82) is 0 Å². The zero-order valence-corrected chi connectivity index (χ0v) is 16.2. The smallest absolute Gasteiger partial charge is 0.298 e. The first-order valence-electron chi connectivity index (χ1n) is 8.64. The van der Waals surface area contributed by atoms with Gasteiger partial charge in [-0.1, -0.05) is 35.6 Å². The molecule has 1 amide bonds. The number of alkyl halides is 3. The van der Waals surface area contributed by atoms with E-state index < -0.39 is 23.3 Å². The summed E-state index contributed by atoms with van der Waals surface area (Å²) in [4.78, 5) is 16.9. The maximum atomic E-state index is 13.8. The normalized spacial score (nSPS) is 11.8. The summed E-state index contributed by atoms with van der Waals surface area (Å²) in [6.07, 6.45) is -3.84. The summed E-state index contributed by atoms with van der Waals surface area (Å²) in [7, 11) is 0. The van der Waals surface area contributed by atoms with Gasteiger partial charge in [0.05, 0.1) is 27.7 Å². The number of thiazole rings is 1. The molecule has 0 atom stereocenters. The summed E-state index contributed by atoms with van der Waals surface area (Å²) in [5.74, 6) is -0.909. The van der Waals surface area contributed by atoms with Crippen molar-refractivity contribution in [2.75, 3.05) is 5.32 Å². The van der Waals surface area contributed by atoms with Gasteiger partial charge in [-0.3, -0.25) is 10.1 Å². The van der Waals surface area contributed by atoms with Gasteiger partial charge >= 0.3 is 6.18 Å². The molecule has 0 radical (unpaired) electrons. The second-order valence-corrected chi connectivity index (χ2v) is 7.58. The van der Waals surface area contributed by atoms with Crippen molar-refractivity contribution in [3.63, 3.8) is 0 Å². The fraction of sp³-hybridized carbons (Fsp3) is 0.150. The largest absolute Gasteiger partial charge is 0.434 e. The van der Waals surface area contributed by atoms with Gasteiger partial charge in [0.25, 0.3) is 5.91 Å². The Kier molecular flexibility index (Phi) is 4.62. The number of rotatable bonds is 3. The van der Waals surface area contributed by atoms with Crippen LogP contribution in [0.4, 0.5) is 18.3 Å². The van der Waals surface area contributed by atoms with Crippen molar-refractivity contribution in [1.82, 2.24) is 14.8 Å². The van der Waals surface area contributed by atoms with E-state index in [0.717, 1.165) is 21.1 Å². The number of hydrogen-bond donors (Lipinski definition) is 1. The van der Waals surface area contributed by atoms with Crippen molar-refractivity contribution < 1.29 is 18.0 Å². The van der Waals surface area contributed by atoms with Gasteiger partial charge in [-0.05, 0) is 43.2 Å². The van der Waals surface area contributed by atoms with Crippen molar-refractivity contribution in [3.8, 4) is 5.69 Å². The second kappa shape index (κ2) is 7.00. The molecule has 4 aromatic rings. The predicted molar refractivity (Wildman–Crippen MR) is 106 cm³/mol. The Labute approximate surface area is 167 Å². The number of carbonyl (C=O) groups excluding carboxylic acids is 1. The van der Waals surface area contributed by atoms with Gasteiger partial charge in [0.1, 0.15) is 0 Å². The van der Waals surface area contributed by atoms with E-state index >= 15 is 0 Å². The standard InChI is InChI=1S/C20H15F3N4OS/c1-11-7-8-14-16(9-11)29-19(25-14)26-18(28)13-10-24-27(17(13)20(21,22)23)15-6-4-3-5-12(15)2/h3-10H,1-2H3,(H,25,26,28). The quantitative estimate of drug-likeness (QED) is 0.488. The molecule has 0 unspecified atom stereocenters. The average molecular weight is 416 g/mol. The minimum absolute atomic E-state index is 0.229. The van der Waals surface area contributed by atoms with E-state index in [-0.39, 0.29) is 10.8 Å². The Hall–Kier alpha value is -3.20. The number of hydrogen-bond acceptors (Lipinski definition) is 4. The molecule has 0 saturated carbocycles. The highest BCUT2D eigenvalue weighted by molar-refractivity contribution is 7.22. The average Bonchev–Trinajstić information content (AvgIpc) is 3.25. The summed E-state index contributed by atoms with van der Waals surface area (Å²) < 4.78 is 43.0. The van der Waals surface area contributed by atoms with Crippen molar-refractivity contribution >= 4 is 32.6 Å². The topological polar surface area (TPSA) is 59.8 Å². The first-order chi connectivity index (χ1) is 13.7. The number of amides is 1. The van der Waals surface area contributed by atoms with Crippen molar-refractivity contribution in [3.05, 3.63) is 71.0 Å². The number of para-hydroxylation sites is 1. The molecule has 1 N–H and O–H groups in total. The Morgan fingerprint density at radius 2 is 1.90 bits per heavy atom. The van der Waals surface area contributed by atoms with E-state index in [1.807, 2.05) is 19.1 Å². The number of nitrogens with one attached hydrogen (secondary N) is 1. The molecule has 0 spiro atoms. The van der Waals surface area contributed by atoms with Crippen LogP contribution in [0.2, 0.25) is 0 Å². The SMILES string of the molecule is Cc1ccc2nc(NC(=O)c3cnn(-c4ccccc4C)c3C(F)(F)F)sc2c1. The lowest BCUT2D eigenvalue weighted by Gasteiger charge is -2.14. The third-order valence-electron chi connectivity index (χ3n) is 4.39. The Bertz CT molecular complexity index is 1230. The molecule has 0 fully saturated rings. The van der Waals surface area contributed by atoms with Gasteiger partial charge < -0.3 is 0 Å². The number of nitrogens with zero attached hydrogens (tertiary/aromatic N) is 3. The summed E-state index contributed by atoms with van der Waals surface area (Å²) in [6.45, 7) is 3.60. The summed E-state index contributed by atoms with van der Waals surface area (Å²) >= 11 is 1.20. The lowest BCUT2D eigenvalue weighted by atomic mass is 10.2.